The summed E-state index contributed by atoms with van der Waals surface area (Å²) in [4.78, 5) is 55.4. The maximum Gasteiger partial charge on any atom is 0.336 e. The van der Waals surface area contributed by atoms with E-state index in [1.54, 1.807) is 60.7 Å². The van der Waals surface area contributed by atoms with Crippen molar-refractivity contribution in [2.24, 2.45) is 11.8 Å². The third-order valence-corrected chi connectivity index (χ3v) is 9.59. The maximum atomic E-state index is 14.8. The molecular formula is C36H34N2O6S2. The first-order valence-corrected chi connectivity index (χ1v) is 16.5. The van der Waals surface area contributed by atoms with Gasteiger partial charge in [-0.15, -0.1) is 0 Å². The van der Waals surface area contributed by atoms with Crippen molar-refractivity contribution in [3.8, 4) is 0 Å². The lowest BCUT2D eigenvalue weighted by Gasteiger charge is -2.27. The van der Waals surface area contributed by atoms with Crippen LogP contribution in [0.5, 0.6) is 0 Å². The minimum absolute atomic E-state index is 0.0910. The van der Waals surface area contributed by atoms with Crippen molar-refractivity contribution in [3.63, 3.8) is 0 Å². The molecule has 0 heterocycles. The lowest BCUT2D eigenvalue weighted by Crippen LogP contribution is -2.26. The molecule has 0 saturated carbocycles. The molecule has 0 amide bonds. The Morgan fingerprint density at radius 3 is 1.28 bits per heavy atom. The molecule has 236 valence electrons. The maximum absolute atomic E-state index is 14.8. The van der Waals surface area contributed by atoms with Gasteiger partial charge in [0.05, 0.1) is 22.3 Å². The van der Waals surface area contributed by atoms with Gasteiger partial charge in [0.1, 0.15) is 0 Å². The SMILES string of the molecule is CC(C)CNc1ccc(Sc2ccccc2C(=O)O)c2c1C(=O)c1c(Sc3ccccc3C(=O)O)ccc(NCC(C)C)c1C2=O. The minimum Gasteiger partial charge on any atom is -0.478 e. The number of carbonyl (C=O) groups is 4. The monoisotopic (exact) mass is 654 g/mol. The van der Waals surface area contributed by atoms with E-state index in [1.165, 1.54) is 12.1 Å². The Morgan fingerprint density at radius 2 is 0.935 bits per heavy atom. The van der Waals surface area contributed by atoms with Crippen LogP contribution in [-0.4, -0.2) is 46.8 Å². The highest BCUT2D eigenvalue weighted by Gasteiger charge is 2.38. The zero-order chi connectivity index (χ0) is 33.1. The highest BCUT2D eigenvalue weighted by molar-refractivity contribution is 7.99. The topological polar surface area (TPSA) is 133 Å². The normalized spacial score (nSPS) is 12.2. The number of carbonyl (C=O) groups excluding carboxylic acids is 2. The third kappa shape index (κ3) is 6.68. The Labute approximate surface area is 276 Å². The molecule has 0 aromatic heterocycles. The molecule has 46 heavy (non-hydrogen) atoms. The van der Waals surface area contributed by atoms with Crippen molar-refractivity contribution in [2.75, 3.05) is 23.7 Å². The van der Waals surface area contributed by atoms with Gasteiger partial charge in [0.2, 0.25) is 0 Å². The van der Waals surface area contributed by atoms with Gasteiger partial charge in [-0.25, -0.2) is 9.59 Å². The Morgan fingerprint density at radius 1 is 0.565 bits per heavy atom. The molecule has 0 atom stereocenters. The van der Waals surface area contributed by atoms with E-state index in [0.29, 0.717) is 44.0 Å². The summed E-state index contributed by atoms with van der Waals surface area (Å²) in [5.74, 6) is -2.42. The van der Waals surface area contributed by atoms with Crippen LogP contribution in [0.3, 0.4) is 0 Å². The Hall–Kier alpha value is -4.54. The number of hydrogen-bond donors (Lipinski definition) is 4. The molecule has 0 aliphatic heterocycles. The van der Waals surface area contributed by atoms with Crippen molar-refractivity contribution in [3.05, 3.63) is 106 Å². The molecule has 0 radical (unpaired) electrons. The first kappa shape index (κ1) is 32.8. The highest BCUT2D eigenvalue weighted by Crippen LogP contribution is 2.46. The lowest BCUT2D eigenvalue weighted by molar-refractivity contribution is 0.0682. The predicted octanol–water partition coefficient (Wildman–Crippen LogP) is 8.30. The van der Waals surface area contributed by atoms with Crippen LogP contribution < -0.4 is 10.6 Å². The molecule has 5 rings (SSSR count). The summed E-state index contributed by atoms with van der Waals surface area (Å²) in [5.41, 5.74) is 2.03. The largest absolute Gasteiger partial charge is 0.478 e. The molecule has 4 aromatic rings. The fraction of sp³-hybridized carbons (Fsp3) is 0.222. The van der Waals surface area contributed by atoms with Gasteiger partial charge in [-0.1, -0.05) is 75.5 Å². The molecule has 4 aromatic carbocycles. The number of benzene rings is 4. The second kappa shape index (κ2) is 13.8. The van der Waals surface area contributed by atoms with Crippen LogP contribution in [-0.2, 0) is 0 Å². The second-order valence-corrected chi connectivity index (χ2v) is 13.9. The summed E-state index contributed by atoms with van der Waals surface area (Å²) in [6.45, 7) is 9.26. The molecule has 4 N–H and O–H groups in total. The average molecular weight is 655 g/mol. The first-order chi connectivity index (χ1) is 22.0. The zero-order valence-corrected chi connectivity index (χ0v) is 27.5. The fourth-order valence-electron chi connectivity index (χ4n) is 5.13. The molecule has 0 bridgehead atoms. The van der Waals surface area contributed by atoms with Gasteiger partial charge in [-0.3, -0.25) is 9.59 Å². The fourth-order valence-corrected chi connectivity index (χ4v) is 7.30. The summed E-state index contributed by atoms with van der Waals surface area (Å²) in [6, 6.07) is 20.1. The van der Waals surface area contributed by atoms with Crippen molar-refractivity contribution in [1.29, 1.82) is 0 Å². The van der Waals surface area contributed by atoms with Crippen LogP contribution >= 0.6 is 23.5 Å². The minimum atomic E-state index is -1.09. The van der Waals surface area contributed by atoms with E-state index < -0.39 is 11.9 Å². The van der Waals surface area contributed by atoms with Gasteiger partial charge >= 0.3 is 11.9 Å². The number of aromatic carboxylic acids is 2. The third-order valence-electron chi connectivity index (χ3n) is 7.32. The van der Waals surface area contributed by atoms with E-state index in [4.69, 9.17) is 0 Å². The quantitative estimate of drug-likeness (QED) is 0.104. The van der Waals surface area contributed by atoms with E-state index in [9.17, 15) is 29.4 Å². The molecule has 0 fully saturated rings. The number of fused-ring (bicyclic) bond motifs is 2. The van der Waals surface area contributed by atoms with Crippen LogP contribution in [0, 0.1) is 11.8 Å². The smallest absolute Gasteiger partial charge is 0.336 e. The van der Waals surface area contributed by atoms with Crippen molar-refractivity contribution in [1.82, 2.24) is 0 Å². The molecular weight excluding hydrogens is 621 g/mol. The summed E-state index contributed by atoms with van der Waals surface area (Å²) in [5, 5.41) is 26.3. The van der Waals surface area contributed by atoms with E-state index in [2.05, 4.69) is 10.6 Å². The van der Waals surface area contributed by atoms with E-state index in [-0.39, 0.29) is 56.8 Å². The van der Waals surface area contributed by atoms with Crippen LogP contribution in [0.25, 0.3) is 0 Å². The number of carboxylic acid groups (broad SMARTS) is 2. The van der Waals surface area contributed by atoms with E-state index in [1.807, 2.05) is 27.7 Å². The van der Waals surface area contributed by atoms with Crippen LogP contribution in [0.4, 0.5) is 11.4 Å². The van der Waals surface area contributed by atoms with Crippen LogP contribution in [0.15, 0.2) is 92.4 Å². The second-order valence-electron chi connectivity index (χ2n) is 11.7. The number of nitrogens with one attached hydrogen (secondary N) is 2. The molecule has 10 heteroatoms. The van der Waals surface area contributed by atoms with E-state index >= 15 is 0 Å². The van der Waals surface area contributed by atoms with Crippen LogP contribution in [0.1, 0.15) is 80.3 Å². The number of anilines is 2. The van der Waals surface area contributed by atoms with Crippen LogP contribution in [0.2, 0.25) is 0 Å². The summed E-state index contributed by atoms with van der Waals surface area (Å²) < 4.78 is 0. The number of hydrogen-bond acceptors (Lipinski definition) is 8. The van der Waals surface area contributed by atoms with Crippen molar-refractivity contribution < 1.29 is 29.4 Å². The Kier molecular flexibility index (Phi) is 9.88. The average Bonchev–Trinajstić information content (AvgIpc) is 3.02. The molecule has 8 nitrogen and oxygen atoms in total. The molecule has 0 spiro atoms. The van der Waals surface area contributed by atoms with E-state index in [0.717, 1.165) is 23.5 Å². The van der Waals surface area contributed by atoms with Gasteiger partial charge in [0.25, 0.3) is 0 Å². The van der Waals surface area contributed by atoms with Crippen molar-refractivity contribution >= 4 is 58.4 Å². The Balaban J connectivity index is 1.74. The lowest BCUT2D eigenvalue weighted by atomic mass is 9.82. The first-order valence-electron chi connectivity index (χ1n) is 14.9. The number of carboxylic acids is 2. The number of rotatable bonds is 12. The Bertz CT molecular complexity index is 1730. The van der Waals surface area contributed by atoms with Gasteiger partial charge in [0.15, 0.2) is 11.6 Å². The van der Waals surface area contributed by atoms with Gasteiger partial charge in [-0.2, -0.15) is 0 Å². The highest BCUT2D eigenvalue weighted by atomic mass is 32.2. The van der Waals surface area contributed by atoms with Crippen molar-refractivity contribution in [2.45, 2.75) is 47.3 Å². The summed E-state index contributed by atoms with van der Waals surface area (Å²) in [7, 11) is 0. The zero-order valence-electron chi connectivity index (χ0n) is 25.8. The molecule has 0 unspecified atom stereocenters. The summed E-state index contributed by atoms with van der Waals surface area (Å²) >= 11 is 2.27. The van der Waals surface area contributed by atoms with Gasteiger partial charge in [-0.05, 0) is 60.4 Å². The predicted molar refractivity (Wildman–Crippen MR) is 181 cm³/mol. The van der Waals surface area contributed by atoms with Gasteiger partial charge < -0.3 is 20.8 Å². The molecule has 1 aliphatic carbocycles. The summed E-state index contributed by atoms with van der Waals surface area (Å²) in [6.07, 6.45) is 0. The molecule has 1 aliphatic rings. The standard InChI is InChI=1S/C36H34N2O6S2/c1-19(2)17-37-23-13-15-27(45-25-11-7-5-9-21(25)35(41)42)31-29(23)33(39)32-28(46-26-12-8-6-10-22(26)36(43)44)16-14-24(30(32)34(31)40)38-18-20(3)4/h5-16,19-20,37-38H,17-18H2,1-4H3,(H,41,42)(H,43,44). The number of ketones is 2. The van der Waals surface area contributed by atoms with Gasteiger partial charge in [0, 0.05) is 55.2 Å². The molecule has 0 saturated heterocycles.